The Morgan fingerprint density at radius 3 is 0.902 bits per heavy atom. The van der Waals surface area contributed by atoms with E-state index in [9.17, 15) is 45.0 Å². The Morgan fingerprint density at radius 1 is 0.490 bits per heavy atom. The maximum atomic E-state index is 11.5. The molecule has 3 saturated heterocycles. The van der Waals surface area contributed by atoms with Crippen molar-refractivity contribution >= 4 is 17.5 Å². The number of rotatable bonds is 6. The molecule has 24 heteroatoms. The second-order valence-electron chi connectivity index (χ2n) is 11.3. The van der Waals surface area contributed by atoms with Crippen molar-refractivity contribution in [2.45, 2.75) is 73.6 Å². The first kappa shape index (κ1) is 39.3. The van der Waals surface area contributed by atoms with E-state index in [0.29, 0.717) is 0 Å². The number of aliphatic hydroxyl groups excluding tert-OH is 9. The van der Waals surface area contributed by atoms with Crippen molar-refractivity contribution in [3.63, 3.8) is 0 Å². The third-order valence-corrected chi connectivity index (χ3v) is 7.93. The molecule has 3 fully saturated rings. The topological polar surface area (TPSA) is 392 Å². The van der Waals surface area contributed by atoms with Crippen molar-refractivity contribution in [1.29, 1.82) is 0 Å². The molecule has 12 atom stereocenters. The maximum absolute atomic E-state index is 11.5. The zero-order valence-corrected chi connectivity index (χ0v) is 26.4. The molecule has 3 aromatic rings. The number of aromatic nitrogens is 6. The number of anilines is 3. The predicted octanol–water partition coefficient (Wildman–Crippen LogP) is -7.69. The summed E-state index contributed by atoms with van der Waals surface area (Å²) in [6.07, 6.45) is -9.80. The largest absolute Gasteiger partial charge is 0.394 e. The highest BCUT2D eigenvalue weighted by Gasteiger charge is 2.45. The van der Waals surface area contributed by atoms with Crippen LogP contribution in [-0.4, -0.2) is 149 Å². The summed E-state index contributed by atoms with van der Waals surface area (Å²) in [5.41, 5.74) is 13.9. The molecule has 0 bridgehead atoms. The van der Waals surface area contributed by atoms with Gasteiger partial charge in [0.1, 0.15) is 72.4 Å². The van der Waals surface area contributed by atoms with Gasteiger partial charge in [0.2, 0.25) is 0 Å². The SMILES string of the molecule is Nc1ccn(C2OC(CO)C(O)C2O)c(=O)n1.Nc1ccn([C@@H]2O[C@H](CO)[C@@H](O)[C@H]2O)c(=O)n1.Nc1ccn([C@@H]2O[C@H](CO)[C@@H](O)[C@H]2O)c(=O)n1. The Balaban J connectivity index is 0.000000172. The summed E-state index contributed by atoms with van der Waals surface area (Å²) in [5.74, 6) is 0.161. The van der Waals surface area contributed by atoms with E-state index in [4.69, 9.17) is 46.7 Å². The Labute approximate surface area is 285 Å². The number of nitrogens with zero attached hydrogens (tertiary/aromatic N) is 6. The molecule has 6 rings (SSSR count). The van der Waals surface area contributed by atoms with Gasteiger partial charge >= 0.3 is 17.1 Å². The number of hydrogen-bond donors (Lipinski definition) is 12. The minimum absolute atomic E-state index is 0.0537. The van der Waals surface area contributed by atoms with Gasteiger partial charge in [-0.05, 0) is 18.2 Å². The fourth-order valence-electron chi connectivity index (χ4n) is 5.19. The van der Waals surface area contributed by atoms with Crippen LogP contribution in [0.4, 0.5) is 17.5 Å². The van der Waals surface area contributed by atoms with Gasteiger partial charge in [-0.1, -0.05) is 0 Å². The molecule has 0 saturated carbocycles. The van der Waals surface area contributed by atoms with E-state index in [1.54, 1.807) is 0 Å². The molecule has 3 aliphatic heterocycles. The molecular weight excluding hydrogens is 690 g/mol. The van der Waals surface area contributed by atoms with Crippen LogP contribution in [0.5, 0.6) is 0 Å². The quantitative estimate of drug-likeness (QED) is 0.112. The third-order valence-electron chi connectivity index (χ3n) is 7.93. The van der Waals surface area contributed by atoms with Crippen molar-refractivity contribution in [1.82, 2.24) is 28.7 Å². The van der Waals surface area contributed by atoms with E-state index in [1.165, 1.54) is 36.8 Å². The molecule has 0 aliphatic carbocycles. The van der Waals surface area contributed by atoms with Gasteiger partial charge in [0, 0.05) is 18.6 Å². The lowest BCUT2D eigenvalue weighted by atomic mass is 10.1. The highest BCUT2D eigenvalue weighted by Crippen LogP contribution is 2.30. The van der Waals surface area contributed by atoms with Crippen LogP contribution in [0.15, 0.2) is 51.2 Å². The Bertz CT molecular complexity index is 1590. The Morgan fingerprint density at radius 2 is 0.725 bits per heavy atom. The Hall–Kier alpha value is -4.44. The molecule has 51 heavy (non-hydrogen) atoms. The third kappa shape index (κ3) is 8.55. The summed E-state index contributed by atoms with van der Waals surface area (Å²) >= 11 is 0. The van der Waals surface area contributed by atoms with E-state index < -0.39 is 111 Å². The summed E-state index contributed by atoms with van der Waals surface area (Å²) in [6.45, 7) is -1.36. The van der Waals surface area contributed by atoms with Crippen LogP contribution in [0.1, 0.15) is 18.7 Å². The molecule has 3 aliphatic rings. The lowest BCUT2D eigenvalue weighted by Crippen LogP contribution is -2.36. The summed E-state index contributed by atoms with van der Waals surface area (Å²) in [7, 11) is 0. The van der Waals surface area contributed by atoms with Gasteiger partial charge < -0.3 is 77.4 Å². The summed E-state index contributed by atoms with van der Waals surface area (Å²) in [4.78, 5) is 45.0. The van der Waals surface area contributed by atoms with Crippen LogP contribution in [0, 0.1) is 0 Å². The minimum Gasteiger partial charge on any atom is -0.394 e. The van der Waals surface area contributed by atoms with Crippen LogP contribution < -0.4 is 34.3 Å². The zero-order valence-electron chi connectivity index (χ0n) is 26.4. The number of hydrogen-bond acceptors (Lipinski definition) is 21. The average Bonchev–Trinajstić information content (AvgIpc) is 3.66. The van der Waals surface area contributed by atoms with Gasteiger partial charge in [0.25, 0.3) is 0 Å². The van der Waals surface area contributed by atoms with Gasteiger partial charge in [0.15, 0.2) is 18.7 Å². The van der Waals surface area contributed by atoms with Gasteiger partial charge in [-0.2, -0.15) is 15.0 Å². The van der Waals surface area contributed by atoms with E-state index in [0.717, 1.165) is 13.7 Å². The molecule has 282 valence electrons. The molecule has 4 unspecified atom stereocenters. The van der Waals surface area contributed by atoms with Gasteiger partial charge in [-0.25, -0.2) is 14.4 Å². The predicted molar refractivity (Wildman–Crippen MR) is 168 cm³/mol. The van der Waals surface area contributed by atoms with Crippen molar-refractivity contribution in [2.75, 3.05) is 37.0 Å². The van der Waals surface area contributed by atoms with Crippen molar-refractivity contribution in [3.05, 3.63) is 68.2 Å². The van der Waals surface area contributed by atoms with Crippen LogP contribution in [0.25, 0.3) is 0 Å². The molecule has 15 N–H and O–H groups in total. The number of aliphatic hydroxyl groups is 9. The first-order chi connectivity index (χ1) is 24.1. The van der Waals surface area contributed by atoms with E-state index in [-0.39, 0.29) is 17.5 Å². The first-order valence-electron chi connectivity index (χ1n) is 15.0. The number of nitrogen functional groups attached to an aromatic ring is 3. The number of nitrogens with two attached hydrogens (primary N) is 3. The van der Waals surface area contributed by atoms with Crippen LogP contribution >= 0.6 is 0 Å². The lowest BCUT2D eigenvalue weighted by Gasteiger charge is -2.16. The number of ether oxygens (including phenoxy) is 3. The normalized spacial score (nSPS) is 32.9. The highest BCUT2D eigenvalue weighted by molar-refractivity contribution is 5.25. The molecule has 0 aromatic carbocycles. The van der Waals surface area contributed by atoms with Crippen LogP contribution in [0.3, 0.4) is 0 Å². The molecule has 6 heterocycles. The monoisotopic (exact) mass is 729 g/mol. The standard InChI is InChI=1S/3C9H13N3O5/c3*10-5-1-2-12(9(16)11-5)8-7(15)6(14)4(3-13)17-8/h3*1-2,4,6-8,13-15H,3H2,(H2,10,11,16)/t2*4-,6-,7-,8-;/m11./s1. The molecule has 24 nitrogen and oxygen atoms in total. The Kier molecular flexibility index (Phi) is 12.9. The molecule has 0 amide bonds. The van der Waals surface area contributed by atoms with Gasteiger partial charge in [-0.3, -0.25) is 13.7 Å². The van der Waals surface area contributed by atoms with E-state index in [2.05, 4.69) is 15.0 Å². The fraction of sp³-hybridized carbons (Fsp3) is 0.556. The highest BCUT2D eigenvalue weighted by atomic mass is 16.6. The zero-order chi connectivity index (χ0) is 37.7. The van der Waals surface area contributed by atoms with Crippen LogP contribution in [0.2, 0.25) is 0 Å². The fourth-order valence-corrected chi connectivity index (χ4v) is 5.19. The van der Waals surface area contributed by atoms with Crippen molar-refractivity contribution < 1.29 is 60.2 Å². The minimum atomic E-state index is -1.31. The molecule has 3 aromatic heterocycles. The smallest absolute Gasteiger partial charge is 0.351 e. The summed E-state index contributed by atoms with van der Waals surface area (Å²) < 4.78 is 18.6. The molecular formula is C27H39N9O15. The van der Waals surface area contributed by atoms with Gasteiger partial charge in [-0.15, -0.1) is 0 Å². The van der Waals surface area contributed by atoms with Crippen LogP contribution in [-0.2, 0) is 14.2 Å². The van der Waals surface area contributed by atoms with E-state index in [1.807, 2.05) is 0 Å². The van der Waals surface area contributed by atoms with Crippen molar-refractivity contribution in [2.24, 2.45) is 0 Å². The second kappa shape index (κ2) is 16.7. The maximum Gasteiger partial charge on any atom is 0.351 e. The average molecular weight is 730 g/mol. The molecule has 0 spiro atoms. The van der Waals surface area contributed by atoms with Crippen molar-refractivity contribution in [3.8, 4) is 0 Å². The lowest BCUT2D eigenvalue weighted by molar-refractivity contribution is -0.0549. The first-order valence-corrected chi connectivity index (χ1v) is 15.0. The van der Waals surface area contributed by atoms with E-state index >= 15 is 0 Å². The van der Waals surface area contributed by atoms with Gasteiger partial charge in [0.05, 0.1) is 19.8 Å². The summed E-state index contributed by atoms with van der Waals surface area (Å²) in [5, 5.41) is 84.5. The summed E-state index contributed by atoms with van der Waals surface area (Å²) in [6, 6.07) is 4.11. The second-order valence-corrected chi connectivity index (χ2v) is 11.3. The molecule has 0 radical (unpaired) electrons.